The number of carbonyl (C=O) groups excluding carboxylic acids is 1. The quantitative estimate of drug-likeness (QED) is 0.797. The molecule has 3 aromatic rings. The molecule has 0 bridgehead atoms. The van der Waals surface area contributed by atoms with Crippen LogP contribution < -0.4 is 10.1 Å². The summed E-state index contributed by atoms with van der Waals surface area (Å²) in [6.45, 7) is 0. The second-order valence-corrected chi connectivity index (χ2v) is 4.56. The van der Waals surface area contributed by atoms with Gasteiger partial charge in [-0.05, 0) is 36.4 Å². The Morgan fingerprint density at radius 2 is 1.81 bits per heavy atom. The number of anilines is 1. The summed E-state index contributed by atoms with van der Waals surface area (Å²) in [5.41, 5.74) is 2.06. The maximum Gasteiger partial charge on any atom is 0.255 e. The van der Waals surface area contributed by atoms with Gasteiger partial charge in [0.25, 0.3) is 5.91 Å². The summed E-state index contributed by atoms with van der Waals surface area (Å²) in [7, 11) is 1.59. The maximum atomic E-state index is 12.3. The first-order chi connectivity index (χ1) is 10.3. The fourth-order valence-electron chi connectivity index (χ4n) is 2.14. The molecule has 0 aliphatic rings. The average Bonchev–Trinajstić information content (AvgIpc) is 2.55. The lowest BCUT2D eigenvalue weighted by Gasteiger charge is -2.08. The van der Waals surface area contributed by atoms with Crippen LogP contribution in [0.1, 0.15) is 10.4 Å². The minimum absolute atomic E-state index is 0.171. The number of fused-ring (bicyclic) bond motifs is 1. The molecule has 1 amide bonds. The molecule has 3 rings (SSSR count). The fraction of sp³-hybridized carbons (Fsp3) is 0.0588. The van der Waals surface area contributed by atoms with Gasteiger partial charge in [-0.25, -0.2) is 0 Å². The van der Waals surface area contributed by atoms with Gasteiger partial charge in [0.05, 0.1) is 18.3 Å². The van der Waals surface area contributed by atoms with Crippen molar-refractivity contribution in [3.63, 3.8) is 0 Å². The Hall–Kier alpha value is -2.88. The van der Waals surface area contributed by atoms with Gasteiger partial charge in [0.1, 0.15) is 5.75 Å². The van der Waals surface area contributed by atoms with Crippen LogP contribution in [0, 0.1) is 0 Å². The molecule has 1 aromatic heterocycles. The van der Waals surface area contributed by atoms with Crippen molar-refractivity contribution in [3.05, 3.63) is 66.4 Å². The van der Waals surface area contributed by atoms with Crippen LogP contribution in [0.15, 0.2) is 60.8 Å². The number of rotatable bonds is 3. The molecule has 2 aromatic carbocycles. The molecule has 0 atom stereocenters. The van der Waals surface area contributed by atoms with Crippen molar-refractivity contribution in [2.75, 3.05) is 12.4 Å². The third kappa shape index (κ3) is 2.69. The van der Waals surface area contributed by atoms with E-state index in [0.717, 1.165) is 16.7 Å². The predicted molar refractivity (Wildman–Crippen MR) is 82.7 cm³/mol. The van der Waals surface area contributed by atoms with Gasteiger partial charge < -0.3 is 10.1 Å². The number of benzene rings is 2. The zero-order chi connectivity index (χ0) is 14.7. The molecular formula is C17H14N2O2. The normalized spacial score (nSPS) is 10.3. The number of nitrogens with one attached hydrogen (secondary N) is 1. The molecule has 0 fully saturated rings. The molecule has 0 aliphatic carbocycles. The molecule has 0 unspecified atom stereocenters. The van der Waals surface area contributed by atoms with Crippen LogP contribution in [0.5, 0.6) is 5.75 Å². The summed E-state index contributed by atoms with van der Waals surface area (Å²) >= 11 is 0. The van der Waals surface area contributed by atoms with E-state index >= 15 is 0 Å². The van der Waals surface area contributed by atoms with Crippen LogP contribution in [0.3, 0.4) is 0 Å². The Balaban J connectivity index is 1.89. The summed E-state index contributed by atoms with van der Waals surface area (Å²) in [6, 6.07) is 16.5. The first-order valence-corrected chi connectivity index (χ1v) is 6.57. The number of pyridine rings is 1. The van der Waals surface area contributed by atoms with E-state index in [4.69, 9.17) is 4.74 Å². The van der Waals surface area contributed by atoms with Crippen molar-refractivity contribution < 1.29 is 9.53 Å². The number of methoxy groups -OCH3 is 1. The highest BCUT2D eigenvalue weighted by Crippen LogP contribution is 2.21. The minimum atomic E-state index is -0.171. The Morgan fingerprint density at radius 1 is 1.05 bits per heavy atom. The maximum absolute atomic E-state index is 12.3. The van der Waals surface area contributed by atoms with Gasteiger partial charge in [0.15, 0.2) is 0 Å². The van der Waals surface area contributed by atoms with E-state index in [1.54, 1.807) is 37.6 Å². The van der Waals surface area contributed by atoms with Crippen LogP contribution in [-0.2, 0) is 0 Å². The number of hydrogen-bond donors (Lipinski definition) is 1. The van der Waals surface area contributed by atoms with Gasteiger partial charge in [0, 0.05) is 17.1 Å². The van der Waals surface area contributed by atoms with Crippen molar-refractivity contribution >= 4 is 22.5 Å². The van der Waals surface area contributed by atoms with Crippen LogP contribution in [0.4, 0.5) is 5.69 Å². The summed E-state index contributed by atoms with van der Waals surface area (Å²) in [5.74, 6) is 0.550. The van der Waals surface area contributed by atoms with Crippen LogP contribution >= 0.6 is 0 Å². The predicted octanol–water partition coefficient (Wildman–Crippen LogP) is 3.50. The van der Waals surface area contributed by atoms with Crippen molar-refractivity contribution in [2.45, 2.75) is 0 Å². The molecular weight excluding hydrogens is 264 g/mol. The zero-order valence-corrected chi connectivity index (χ0v) is 11.5. The SMILES string of the molecule is COc1ccc(C(=O)Nc2cccc3cccnc23)cc1. The highest BCUT2D eigenvalue weighted by Gasteiger charge is 2.08. The molecule has 21 heavy (non-hydrogen) atoms. The lowest BCUT2D eigenvalue weighted by molar-refractivity contribution is 0.102. The highest BCUT2D eigenvalue weighted by molar-refractivity contribution is 6.08. The number of amides is 1. The van der Waals surface area contributed by atoms with E-state index in [1.807, 2.05) is 30.3 Å². The highest BCUT2D eigenvalue weighted by atomic mass is 16.5. The number of carbonyl (C=O) groups is 1. The number of nitrogens with zero attached hydrogens (tertiary/aromatic N) is 1. The van der Waals surface area contributed by atoms with Crippen molar-refractivity contribution in [2.24, 2.45) is 0 Å². The lowest BCUT2D eigenvalue weighted by Crippen LogP contribution is -2.12. The van der Waals surface area contributed by atoms with Crippen LogP contribution in [0.25, 0.3) is 10.9 Å². The lowest BCUT2D eigenvalue weighted by atomic mass is 10.1. The average molecular weight is 278 g/mol. The molecule has 4 nitrogen and oxygen atoms in total. The Labute approximate surface area is 122 Å². The van der Waals surface area contributed by atoms with Crippen molar-refractivity contribution in [1.82, 2.24) is 4.98 Å². The second kappa shape index (κ2) is 5.63. The summed E-state index contributed by atoms with van der Waals surface area (Å²) < 4.78 is 5.08. The zero-order valence-electron chi connectivity index (χ0n) is 11.5. The molecule has 1 heterocycles. The molecule has 0 saturated carbocycles. The second-order valence-electron chi connectivity index (χ2n) is 4.56. The largest absolute Gasteiger partial charge is 0.497 e. The smallest absolute Gasteiger partial charge is 0.255 e. The number of para-hydroxylation sites is 1. The topological polar surface area (TPSA) is 51.2 Å². The van der Waals surface area contributed by atoms with E-state index in [0.29, 0.717) is 11.3 Å². The minimum Gasteiger partial charge on any atom is -0.497 e. The molecule has 0 radical (unpaired) electrons. The van der Waals surface area contributed by atoms with E-state index in [9.17, 15) is 4.79 Å². The van der Waals surface area contributed by atoms with Gasteiger partial charge >= 0.3 is 0 Å². The number of ether oxygens (including phenoxy) is 1. The van der Waals surface area contributed by atoms with Gasteiger partial charge in [-0.1, -0.05) is 18.2 Å². The monoisotopic (exact) mass is 278 g/mol. The van der Waals surface area contributed by atoms with Gasteiger partial charge in [-0.2, -0.15) is 0 Å². The van der Waals surface area contributed by atoms with Crippen molar-refractivity contribution in [3.8, 4) is 5.75 Å². The molecule has 1 N–H and O–H groups in total. The van der Waals surface area contributed by atoms with Crippen molar-refractivity contribution in [1.29, 1.82) is 0 Å². The van der Waals surface area contributed by atoms with Gasteiger partial charge in [-0.15, -0.1) is 0 Å². The first kappa shape index (κ1) is 13.1. The van der Waals surface area contributed by atoms with Gasteiger partial charge in [0.2, 0.25) is 0 Å². The molecule has 0 spiro atoms. The van der Waals surface area contributed by atoms with Gasteiger partial charge in [-0.3, -0.25) is 9.78 Å². The number of aromatic nitrogens is 1. The summed E-state index contributed by atoms with van der Waals surface area (Å²) in [6.07, 6.45) is 1.71. The molecule has 0 saturated heterocycles. The van der Waals surface area contributed by atoms with E-state index in [2.05, 4.69) is 10.3 Å². The molecule has 104 valence electrons. The Bertz CT molecular complexity index is 777. The van der Waals surface area contributed by atoms with E-state index < -0.39 is 0 Å². The standard InChI is InChI=1S/C17H14N2O2/c1-21-14-9-7-13(8-10-14)17(20)19-15-6-2-4-12-5-3-11-18-16(12)15/h2-11H,1H3,(H,19,20). The summed E-state index contributed by atoms with van der Waals surface area (Å²) in [4.78, 5) is 16.6. The Kier molecular flexibility index (Phi) is 3.51. The molecule has 0 aliphatic heterocycles. The third-order valence-electron chi connectivity index (χ3n) is 3.23. The first-order valence-electron chi connectivity index (χ1n) is 6.57. The molecule has 4 heteroatoms. The summed E-state index contributed by atoms with van der Waals surface area (Å²) in [5, 5.41) is 3.89. The third-order valence-corrected chi connectivity index (χ3v) is 3.23. The fourth-order valence-corrected chi connectivity index (χ4v) is 2.14. The Morgan fingerprint density at radius 3 is 2.57 bits per heavy atom. The van der Waals surface area contributed by atoms with Crippen LogP contribution in [-0.4, -0.2) is 18.0 Å². The number of hydrogen-bond acceptors (Lipinski definition) is 3. The van der Waals surface area contributed by atoms with E-state index in [-0.39, 0.29) is 5.91 Å². The van der Waals surface area contributed by atoms with Crippen LogP contribution in [0.2, 0.25) is 0 Å². The van der Waals surface area contributed by atoms with E-state index in [1.165, 1.54) is 0 Å².